The van der Waals surface area contributed by atoms with Crippen molar-refractivity contribution in [2.75, 3.05) is 6.66 Å². The molecule has 5 rings (SSSR count). The molecule has 154 valence electrons. The van der Waals surface area contributed by atoms with Crippen LogP contribution < -0.4 is 15.9 Å². The van der Waals surface area contributed by atoms with Gasteiger partial charge in [-0.3, -0.25) is 0 Å². The summed E-state index contributed by atoms with van der Waals surface area (Å²) in [7, 11) is -1.88. The van der Waals surface area contributed by atoms with Crippen LogP contribution in [0.5, 0.6) is 0 Å². The fourth-order valence-corrected chi connectivity index (χ4v) is 7.82. The molecule has 5 aromatic rings. The van der Waals surface area contributed by atoms with E-state index in [-0.39, 0.29) is 0 Å². The van der Waals surface area contributed by atoms with Crippen molar-refractivity contribution in [2.45, 2.75) is 0 Å². The quantitative estimate of drug-likeness (QED) is 0.269. The van der Waals surface area contributed by atoms with Crippen LogP contribution in [0.4, 0.5) is 0 Å². The molecular weight excluding hydrogens is 415 g/mol. The maximum Gasteiger partial charge on any atom is 0.0484 e. The van der Waals surface area contributed by atoms with Gasteiger partial charge >= 0.3 is 121 Å². The number of fused-ring (bicyclic) bond motifs is 1. The van der Waals surface area contributed by atoms with E-state index in [0.717, 1.165) is 10.4 Å². The molecule has 0 heterocycles. The maximum absolute atomic E-state index is 5.96. The first-order valence-corrected chi connectivity index (χ1v) is 13.4. The summed E-state index contributed by atoms with van der Waals surface area (Å²) in [5.74, 6) is 0. The van der Waals surface area contributed by atoms with Crippen molar-refractivity contribution in [1.82, 2.24) is 0 Å². The Morgan fingerprint density at radius 3 is 1.29 bits per heavy atom. The van der Waals surface area contributed by atoms with Gasteiger partial charge in [-0.15, -0.1) is 0 Å². The third-order valence-corrected chi connectivity index (χ3v) is 10.6. The average molecular weight is 441 g/mol. The van der Waals surface area contributed by atoms with Crippen LogP contribution in [-0.2, 0) is 0 Å². The molecule has 0 fully saturated rings. The minimum absolute atomic E-state index is 0.822. The number of hydrogen-bond donors (Lipinski definition) is 0. The van der Waals surface area contributed by atoms with E-state index in [9.17, 15) is 0 Å². The number of benzene rings is 5. The molecule has 0 saturated carbocycles. The molecule has 0 atom stereocenters. The SMILES string of the molecule is C[PH](c1ccccc1)(c1ccccc1)c1ccccc1.Clc1cccc2ccccc12. The molecular formula is C29H26ClP. The zero-order chi connectivity index (χ0) is 21.5. The van der Waals surface area contributed by atoms with Gasteiger partial charge in [0.25, 0.3) is 0 Å². The Kier molecular flexibility index (Phi) is 6.82. The van der Waals surface area contributed by atoms with Gasteiger partial charge in [-0.2, -0.15) is 0 Å². The molecule has 0 saturated heterocycles. The van der Waals surface area contributed by atoms with Crippen LogP contribution >= 0.6 is 18.9 Å². The summed E-state index contributed by atoms with van der Waals surface area (Å²) in [6.07, 6.45) is 0. The van der Waals surface area contributed by atoms with Crippen molar-refractivity contribution >= 4 is 45.5 Å². The van der Waals surface area contributed by atoms with Crippen LogP contribution in [0, 0.1) is 0 Å². The third kappa shape index (κ3) is 4.72. The van der Waals surface area contributed by atoms with Crippen molar-refractivity contribution in [3.8, 4) is 0 Å². The normalized spacial score (nSPS) is 11.4. The molecule has 5 aromatic carbocycles. The molecule has 0 aliphatic heterocycles. The van der Waals surface area contributed by atoms with Crippen molar-refractivity contribution in [3.63, 3.8) is 0 Å². The Hall–Kier alpha value is -2.92. The van der Waals surface area contributed by atoms with E-state index in [4.69, 9.17) is 11.6 Å². The molecule has 0 unspecified atom stereocenters. The van der Waals surface area contributed by atoms with Crippen LogP contribution in [0.3, 0.4) is 0 Å². The van der Waals surface area contributed by atoms with Crippen molar-refractivity contribution < 1.29 is 0 Å². The minimum atomic E-state index is -1.88. The smallest absolute Gasteiger partial charge is 0.0484 e. The second-order valence-electron chi connectivity index (χ2n) is 7.68. The molecule has 0 aliphatic carbocycles. The van der Waals surface area contributed by atoms with Crippen molar-refractivity contribution in [1.29, 1.82) is 0 Å². The largest absolute Gasteiger partial charge is 0.0837 e. The number of rotatable bonds is 3. The average Bonchev–Trinajstić information content (AvgIpc) is 2.86. The molecule has 2 heteroatoms. The summed E-state index contributed by atoms with van der Waals surface area (Å²) in [6.45, 7) is 2.44. The van der Waals surface area contributed by atoms with Gasteiger partial charge in [0.05, 0.1) is 0 Å². The minimum Gasteiger partial charge on any atom is -0.0837 e. The van der Waals surface area contributed by atoms with Gasteiger partial charge in [0.2, 0.25) is 0 Å². The molecule has 0 amide bonds. The molecule has 0 bridgehead atoms. The van der Waals surface area contributed by atoms with E-state index in [1.165, 1.54) is 21.3 Å². The zero-order valence-electron chi connectivity index (χ0n) is 17.6. The molecule has 0 radical (unpaired) electrons. The van der Waals surface area contributed by atoms with Crippen molar-refractivity contribution in [3.05, 3.63) is 138 Å². The Labute approximate surface area is 190 Å². The predicted molar refractivity (Wildman–Crippen MR) is 141 cm³/mol. The molecule has 0 spiro atoms. The number of hydrogen-bond acceptors (Lipinski definition) is 0. The van der Waals surface area contributed by atoms with Gasteiger partial charge in [-0.05, 0) is 11.5 Å². The summed E-state index contributed by atoms with van der Waals surface area (Å²) in [4.78, 5) is 0. The monoisotopic (exact) mass is 440 g/mol. The van der Waals surface area contributed by atoms with Crippen LogP contribution in [-0.4, -0.2) is 6.66 Å². The summed E-state index contributed by atoms with van der Waals surface area (Å²) in [5, 5.41) is 7.51. The fourth-order valence-electron chi connectivity index (χ4n) is 4.00. The molecule has 0 aromatic heterocycles. The predicted octanol–water partition coefficient (Wildman–Crippen LogP) is 6.84. The first kappa shape index (κ1) is 21.3. The van der Waals surface area contributed by atoms with Crippen molar-refractivity contribution in [2.24, 2.45) is 0 Å². The topological polar surface area (TPSA) is 0 Å². The molecule has 31 heavy (non-hydrogen) atoms. The fraction of sp³-hybridized carbons (Fsp3) is 0.0345. The van der Waals surface area contributed by atoms with Crippen LogP contribution in [0.1, 0.15) is 0 Å². The first-order valence-electron chi connectivity index (χ1n) is 10.5. The van der Waals surface area contributed by atoms with Gasteiger partial charge in [0.15, 0.2) is 0 Å². The van der Waals surface area contributed by atoms with Gasteiger partial charge in [-0.1, -0.05) is 48.0 Å². The number of halogens is 1. The van der Waals surface area contributed by atoms with E-state index >= 15 is 0 Å². The van der Waals surface area contributed by atoms with E-state index in [0.29, 0.717) is 0 Å². The van der Waals surface area contributed by atoms with Crippen LogP contribution in [0.25, 0.3) is 10.8 Å². The van der Waals surface area contributed by atoms with Crippen LogP contribution in [0.2, 0.25) is 5.02 Å². The Balaban J connectivity index is 0.000000177. The van der Waals surface area contributed by atoms with E-state index in [1.807, 2.05) is 30.3 Å². The van der Waals surface area contributed by atoms with Gasteiger partial charge < -0.3 is 0 Å². The second kappa shape index (κ2) is 9.92. The molecule has 0 aliphatic rings. The maximum atomic E-state index is 5.96. The Morgan fingerprint density at radius 2 is 0.839 bits per heavy atom. The third-order valence-electron chi connectivity index (χ3n) is 5.79. The van der Waals surface area contributed by atoms with E-state index < -0.39 is 7.26 Å². The van der Waals surface area contributed by atoms with E-state index in [2.05, 4.69) is 110 Å². The van der Waals surface area contributed by atoms with E-state index in [1.54, 1.807) is 0 Å². The van der Waals surface area contributed by atoms with Gasteiger partial charge in [0.1, 0.15) is 0 Å². The van der Waals surface area contributed by atoms with Gasteiger partial charge in [-0.25, -0.2) is 0 Å². The van der Waals surface area contributed by atoms with Crippen LogP contribution in [0.15, 0.2) is 133 Å². The summed E-state index contributed by atoms with van der Waals surface area (Å²) in [6, 6.07) is 46.8. The summed E-state index contributed by atoms with van der Waals surface area (Å²) < 4.78 is 0. The summed E-state index contributed by atoms with van der Waals surface area (Å²) in [5.41, 5.74) is 0. The molecule has 0 nitrogen and oxygen atoms in total. The Morgan fingerprint density at radius 1 is 0.452 bits per heavy atom. The summed E-state index contributed by atoms with van der Waals surface area (Å²) >= 11 is 5.96. The van der Waals surface area contributed by atoms with Gasteiger partial charge in [0, 0.05) is 10.4 Å². The zero-order valence-corrected chi connectivity index (χ0v) is 19.3. The molecule has 0 N–H and O–H groups in total. The second-order valence-corrected chi connectivity index (χ2v) is 12.1. The standard InChI is InChI=1S/C19H19P.C10H7Cl/c1-20(17-11-5-2-6-12-17,18-13-7-3-8-14-18)19-15-9-4-10-16-19;11-10-7-3-5-8-4-1-2-6-9(8)10/h2-16,20H,1H3;1-7H. The first-order chi connectivity index (χ1) is 15.2. The Bertz CT molecular complexity index is 1130.